The molecule has 1 aliphatic rings. The Labute approximate surface area is 163 Å². The smallest absolute Gasteiger partial charge is 0.411 e. The Balaban J connectivity index is 1.47. The van der Waals surface area contributed by atoms with Gasteiger partial charge in [-0.1, -0.05) is 30.3 Å². The van der Waals surface area contributed by atoms with Gasteiger partial charge in [0.15, 0.2) is 5.65 Å². The Bertz CT molecular complexity index is 976. The number of pyridine rings is 1. The number of likely N-dealkylation sites (tertiary alicyclic amines) is 1. The van der Waals surface area contributed by atoms with Gasteiger partial charge in [-0.15, -0.1) is 5.10 Å². The molecule has 0 unspecified atom stereocenters. The highest BCUT2D eigenvalue weighted by molar-refractivity contribution is 5.80. The minimum Gasteiger partial charge on any atom is -0.465 e. The monoisotopic (exact) mass is 380 g/mol. The molecule has 1 saturated heterocycles. The van der Waals surface area contributed by atoms with Crippen molar-refractivity contribution >= 4 is 17.7 Å². The first kappa shape index (κ1) is 18.4. The molecule has 8 nitrogen and oxygen atoms in total. The van der Waals surface area contributed by atoms with Gasteiger partial charge >= 0.3 is 6.09 Å². The topological polar surface area (TPSA) is 86.0 Å². The lowest BCUT2D eigenvalue weighted by molar-refractivity contribution is 0.0730. The number of carboxylic acid groups (broad SMARTS) is 1. The average molecular weight is 380 g/mol. The molecular weight excluding hydrogens is 356 g/mol. The minimum absolute atomic E-state index is 0.0710. The summed E-state index contributed by atoms with van der Waals surface area (Å²) in [5.74, 6) is 0.842. The van der Waals surface area contributed by atoms with E-state index in [1.165, 1.54) is 5.56 Å². The number of hydrogen-bond acceptors (Lipinski definition) is 5. The van der Waals surface area contributed by atoms with Gasteiger partial charge in [-0.25, -0.2) is 9.31 Å². The number of nitrogens with zero attached hydrogens (tertiary/aromatic N) is 5. The van der Waals surface area contributed by atoms with Crippen LogP contribution in [0.2, 0.25) is 0 Å². The number of carbonyl (C=O) groups is 1. The third kappa shape index (κ3) is 3.97. The number of benzene rings is 1. The van der Waals surface area contributed by atoms with E-state index in [9.17, 15) is 4.79 Å². The normalized spacial score (nSPS) is 15.1. The van der Waals surface area contributed by atoms with Crippen molar-refractivity contribution < 1.29 is 9.90 Å². The molecule has 0 atom stereocenters. The zero-order valence-corrected chi connectivity index (χ0v) is 16.0. The van der Waals surface area contributed by atoms with Crippen LogP contribution in [0.1, 0.15) is 5.56 Å². The number of rotatable bonds is 6. The van der Waals surface area contributed by atoms with E-state index in [1.54, 1.807) is 10.6 Å². The fraction of sp³-hybridized carbons (Fsp3) is 0.350. The molecule has 4 rings (SSSR count). The molecule has 1 fully saturated rings. The highest BCUT2D eigenvalue weighted by atomic mass is 16.4. The highest BCUT2D eigenvalue weighted by Gasteiger charge is 2.26. The molecule has 3 heterocycles. The summed E-state index contributed by atoms with van der Waals surface area (Å²) in [5, 5.41) is 15.3. The Hall–Kier alpha value is -2.97. The van der Waals surface area contributed by atoms with Crippen LogP contribution in [-0.2, 0) is 6.54 Å². The van der Waals surface area contributed by atoms with E-state index in [2.05, 4.69) is 63.6 Å². The molecule has 1 aromatic carbocycles. The van der Waals surface area contributed by atoms with Crippen LogP contribution in [0.5, 0.6) is 0 Å². The second-order valence-electron chi connectivity index (χ2n) is 7.57. The first-order chi connectivity index (χ1) is 13.5. The number of hydrogen-bond donors (Lipinski definition) is 2. The number of fused-ring (bicyclic) bond motifs is 1. The summed E-state index contributed by atoms with van der Waals surface area (Å²) >= 11 is 0. The predicted octanol–water partition coefficient (Wildman–Crippen LogP) is 2.48. The molecule has 2 aromatic heterocycles. The fourth-order valence-electron chi connectivity index (χ4n) is 3.75. The number of nitrogens with one attached hydrogen (secondary N) is 1. The van der Waals surface area contributed by atoms with Crippen molar-refractivity contribution in [2.75, 3.05) is 39.0 Å². The van der Waals surface area contributed by atoms with Crippen molar-refractivity contribution in [1.29, 1.82) is 0 Å². The van der Waals surface area contributed by atoms with Crippen LogP contribution in [0, 0.1) is 5.92 Å². The number of anilines is 1. The number of amides is 1. The van der Waals surface area contributed by atoms with Gasteiger partial charge in [-0.3, -0.25) is 10.2 Å². The van der Waals surface area contributed by atoms with E-state index in [-0.39, 0.29) is 5.95 Å². The van der Waals surface area contributed by atoms with Crippen molar-refractivity contribution in [3.63, 3.8) is 0 Å². The van der Waals surface area contributed by atoms with Gasteiger partial charge in [-0.2, -0.15) is 4.98 Å². The highest BCUT2D eigenvalue weighted by Crippen LogP contribution is 2.23. The minimum atomic E-state index is -1.18. The lowest BCUT2D eigenvalue weighted by atomic mass is 9.98. The Kier molecular flexibility index (Phi) is 4.97. The maximum absolute atomic E-state index is 10.8. The molecule has 28 heavy (non-hydrogen) atoms. The Morgan fingerprint density at radius 1 is 1.21 bits per heavy atom. The van der Waals surface area contributed by atoms with Crippen LogP contribution in [-0.4, -0.2) is 69.3 Å². The van der Waals surface area contributed by atoms with Crippen molar-refractivity contribution in [3.8, 4) is 11.3 Å². The molecule has 0 aliphatic carbocycles. The van der Waals surface area contributed by atoms with Gasteiger partial charge in [-0.05, 0) is 37.7 Å². The maximum atomic E-state index is 10.8. The van der Waals surface area contributed by atoms with Gasteiger partial charge in [0, 0.05) is 31.7 Å². The van der Waals surface area contributed by atoms with Gasteiger partial charge in [0.1, 0.15) is 0 Å². The second-order valence-corrected chi connectivity index (χ2v) is 7.57. The van der Waals surface area contributed by atoms with Gasteiger partial charge in [0.25, 0.3) is 5.95 Å². The molecule has 0 saturated carbocycles. The van der Waals surface area contributed by atoms with Crippen LogP contribution in [0.3, 0.4) is 0 Å². The molecular formula is C20H24N6O2. The molecule has 0 bridgehead atoms. The quantitative estimate of drug-likeness (QED) is 0.683. The summed E-state index contributed by atoms with van der Waals surface area (Å²) in [6.45, 7) is 4.41. The van der Waals surface area contributed by atoms with Crippen molar-refractivity contribution in [3.05, 3.63) is 48.0 Å². The SMILES string of the molecule is CN(C)CC1CN(Cc2ccc(-c3cccc4nc(NC(=O)O)nn34)cc2)C1. The van der Waals surface area contributed by atoms with E-state index in [0.29, 0.717) is 5.65 Å². The summed E-state index contributed by atoms with van der Waals surface area (Å²) in [5.41, 5.74) is 3.75. The zero-order chi connectivity index (χ0) is 19.7. The zero-order valence-electron chi connectivity index (χ0n) is 16.0. The third-order valence-corrected chi connectivity index (χ3v) is 4.89. The Morgan fingerprint density at radius 3 is 2.64 bits per heavy atom. The predicted molar refractivity (Wildman–Crippen MR) is 107 cm³/mol. The van der Waals surface area contributed by atoms with E-state index in [4.69, 9.17) is 5.11 Å². The van der Waals surface area contributed by atoms with Crippen LogP contribution in [0.15, 0.2) is 42.5 Å². The van der Waals surface area contributed by atoms with E-state index in [0.717, 1.165) is 43.4 Å². The van der Waals surface area contributed by atoms with Gasteiger partial charge < -0.3 is 10.0 Å². The second kappa shape index (κ2) is 7.57. The Morgan fingerprint density at radius 2 is 1.96 bits per heavy atom. The van der Waals surface area contributed by atoms with E-state index in [1.807, 2.05) is 12.1 Å². The summed E-state index contributed by atoms with van der Waals surface area (Å²) in [7, 11) is 4.25. The van der Waals surface area contributed by atoms with Crippen LogP contribution >= 0.6 is 0 Å². The maximum Gasteiger partial charge on any atom is 0.411 e. The molecule has 0 spiro atoms. The standard InChI is InChI=1S/C20H24N6O2/c1-24(2)10-15-12-25(13-15)11-14-6-8-16(9-7-14)17-4-3-5-18-21-19(22-20(27)28)23-26(17)18/h3-9,15H,10-13H2,1-2H3,(H,22,23)(H,27,28). The molecule has 1 amide bonds. The molecule has 146 valence electrons. The summed E-state index contributed by atoms with van der Waals surface area (Å²) < 4.78 is 1.65. The summed E-state index contributed by atoms with van der Waals surface area (Å²) in [6.07, 6.45) is -1.18. The summed E-state index contributed by atoms with van der Waals surface area (Å²) in [4.78, 5) is 19.7. The number of aromatic nitrogens is 3. The van der Waals surface area contributed by atoms with Crippen molar-refractivity contribution in [1.82, 2.24) is 24.4 Å². The van der Waals surface area contributed by atoms with Gasteiger partial charge in [0.05, 0.1) is 5.69 Å². The lowest BCUT2D eigenvalue weighted by Gasteiger charge is -2.40. The molecule has 2 N–H and O–H groups in total. The van der Waals surface area contributed by atoms with Crippen LogP contribution in [0.4, 0.5) is 10.7 Å². The molecule has 1 aliphatic heterocycles. The lowest BCUT2D eigenvalue weighted by Crippen LogP contribution is -2.49. The summed E-state index contributed by atoms with van der Waals surface area (Å²) in [6, 6.07) is 14.1. The molecule has 8 heteroatoms. The third-order valence-electron chi connectivity index (χ3n) is 4.89. The van der Waals surface area contributed by atoms with E-state index < -0.39 is 6.09 Å². The van der Waals surface area contributed by atoms with Crippen molar-refractivity contribution in [2.45, 2.75) is 6.54 Å². The molecule has 3 aromatic rings. The average Bonchev–Trinajstić information content (AvgIpc) is 3.01. The fourth-order valence-corrected chi connectivity index (χ4v) is 3.75. The first-order valence-corrected chi connectivity index (χ1v) is 9.30. The molecule has 0 radical (unpaired) electrons. The van der Waals surface area contributed by atoms with E-state index >= 15 is 0 Å². The first-order valence-electron chi connectivity index (χ1n) is 9.30. The van der Waals surface area contributed by atoms with Crippen molar-refractivity contribution in [2.24, 2.45) is 5.92 Å². The largest absolute Gasteiger partial charge is 0.465 e. The van der Waals surface area contributed by atoms with Crippen LogP contribution < -0.4 is 5.32 Å². The van der Waals surface area contributed by atoms with Crippen LogP contribution in [0.25, 0.3) is 16.9 Å². The van der Waals surface area contributed by atoms with Gasteiger partial charge in [0.2, 0.25) is 0 Å².